The number of ether oxygens (including phenoxy) is 6. The molecule has 0 radical (unpaired) electrons. The minimum absolute atomic E-state index is 0.0588. The highest BCUT2D eigenvalue weighted by Gasteiger charge is 2.39. The number of benzene rings is 3. The molecule has 2 aliphatic rings. The van der Waals surface area contributed by atoms with Crippen molar-refractivity contribution >= 4 is 17.8 Å². The van der Waals surface area contributed by atoms with E-state index in [1.165, 1.54) is 21.3 Å². The van der Waals surface area contributed by atoms with E-state index >= 15 is 0 Å². The van der Waals surface area contributed by atoms with Gasteiger partial charge in [0.1, 0.15) is 23.0 Å². The van der Waals surface area contributed by atoms with Crippen LogP contribution in [0.5, 0.6) is 34.5 Å². The molecule has 1 atom stereocenters. The standard InChI is InChI=1S/C30H28O8/c1-16(2)36-21-9-7-6-8-18(21)20-14-27(31)37-22-11-10-19-29(32)26(38-30(19)28(20)22)13-17-12-24(34-4)25(35-5)15-23(17)33-3/h6-13,15-16,20H,14H2,1-5H3/b26-13-/t20-/m1/s1. The predicted octanol–water partition coefficient (Wildman–Crippen LogP) is 5.56. The van der Waals surface area contributed by atoms with Gasteiger partial charge in [-0.25, -0.2) is 0 Å². The van der Waals surface area contributed by atoms with E-state index in [1.807, 2.05) is 38.1 Å². The number of rotatable bonds is 7. The first-order valence-corrected chi connectivity index (χ1v) is 12.2. The second-order valence-electron chi connectivity index (χ2n) is 9.18. The van der Waals surface area contributed by atoms with Crippen LogP contribution in [0.25, 0.3) is 6.08 Å². The number of carbonyl (C=O) groups excluding carboxylic acids is 2. The van der Waals surface area contributed by atoms with Gasteiger partial charge in [0.05, 0.1) is 39.4 Å². The van der Waals surface area contributed by atoms with Crippen molar-refractivity contribution in [3.8, 4) is 34.5 Å². The number of Topliss-reactive ketones (excluding diaryl/α,β-unsaturated/α-hetero) is 1. The number of ketones is 1. The van der Waals surface area contributed by atoms with E-state index in [-0.39, 0.29) is 30.0 Å². The van der Waals surface area contributed by atoms with Gasteiger partial charge in [-0.05, 0) is 44.2 Å². The largest absolute Gasteiger partial charge is 0.496 e. The third-order valence-electron chi connectivity index (χ3n) is 6.46. The number of allylic oxidation sites excluding steroid dienone is 1. The van der Waals surface area contributed by atoms with Crippen molar-refractivity contribution in [2.24, 2.45) is 0 Å². The summed E-state index contributed by atoms with van der Waals surface area (Å²) in [7, 11) is 4.59. The number of hydrogen-bond donors (Lipinski definition) is 0. The van der Waals surface area contributed by atoms with Gasteiger partial charge in [0.2, 0.25) is 5.78 Å². The minimum Gasteiger partial charge on any atom is -0.496 e. The molecular formula is C30H28O8. The average molecular weight is 517 g/mol. The molecular weight excluding hydrogens is 488 g/mol. The normalized spacial score (nSPS) is 17.0. The highest BCUT2D eigenvalue weighted by atomic mass is 16.5. The highest BCUT2D eigenvalue weighted by Crippen LogP contribution is 2.50. The summed E-state index contributed by atoms with van der Waals surface area (Å²) >= 11 is 0. The fourth-order valence-electron chi connectivity index (χ4n) is 4.81. The Morgan fingerprint density at radius 3 is 2.29 bits per heavy atom. The van der Waals surface area contributed by atoms with E-state index in [0.29, 0.717) is 51.2 Å². The van der Waals surface area contributed by atoms with Crippen LogP contribution in [-0.2, 0) is 4.79 Å². The van der Waals surface area contributed by atoms with E-state index < -0.39 is 5.92 Å². The number of carbonyl (C=O) groups is 2. The van der Waals surface area contributed by atoms with E-state index in [1.54, 1.807) is 30.3 Å². The van der Waals surface area contributed by atoms with Crippen molar-refractivity contribution in [1.29, 1.82) is 0 Å². The van der Waals surface area contributed by atoms with Gasteiger partial charge >= 0.3 is 5.97 Å². The van der Waals surface area contributed by atoms with Crippen LogP contribution in [0.4, 0.5) is 0 Å². The lowest BCUT2D eigenvalue weighted by atomic mass is 9.84. The Morgan fingerprint density at radius 2 is 1.58 bits per heavy atom. The topological polar surface area (TPSA) is 89.5 Å². The Morgan fingerprint density at radius 1 is 0.868 bits per heavy atom. The molecule has 196 valence electrons. The molecule has 0 N–H and O–H groups in total. The van der Waals surface area contributed by atoms with Crippen molar-refractivity contribution in [3.63, 3.8) is 0 Å². The Bertz CT molecular complexity index is 1450. The number of hydrogen-bond acceptors (Lipinski definition) is 8. The van der Waals surface area contributed by atoms with Gasteiger partial charge < -0.3 is 28.4 Å². The zero-order chi connectivity index (χ0) is 27.0. The average Bonchev–Trinajstić information content (AvgIpc) is 3.22. The van der Waals surface area contributed by atoms with E-state index in [0.717, 1.165) is 5.56 Å². The van der Waals surface area contributed by atoms with Crippen molar-refractivity contribution in [2.45, 2.75) is 32.3 Å². The Labute approximate surface area is 220 Å². The summed E-state index contributed by atoms with van der Waals surface area (Å²) in [5.41, 5.74) is 2.42. The molecule has 0 bridgehead atoms. The smallest absolute Gasteiger partial charge is 0.312 e. The summed E-state index contributed by atoms with van der Waals surface area (Å²) < 4.78 is 34.1. The lowest BCUT2D eigenvalue weighted by molar-refractivity contribution is -0.135. The molecule has 0 amide bonds. The zero-order valence-electron chi connectivity index (χ0n) is 21.8. The maximum atomic E-state index is 13.5. The molecule has 0 aromatic heterocycles. The third kappa shape index (κ3) is 4.42. The summed E-state index contributed by atoms with van der Waals surface area (Å²) in [6.07, 6.45) is 1.63. The fourth-order valence-corrected chi connectivity index (χ4v) is 4.81. The van der Waals surface area contributed by atoms with Gasteiger partial charge in [0, 0.05) is 28.7 Å². The molecule has 2 aliphatic heterocycles. The number of para-hydroxylation sites is 1. The van der Waals surface area contributed by atoms with Gasteiger partial charge in [0.25, 0.3) is 0 Å². The SMILES string of the molecule is COc1cc(OC)c(OC)cc1/C=C1\Oc2c(ccc3c2[C@@H](c2ccccc2OC(C)C)CC(=O)O3)C1=O. The second-order valence-corrected chi connectivity index (χ2v) is 9.18. The van der Waals surface area contributed by atoms with Crippen LogP contribution < -0.4 is 28.4 Å². The van der Waals surface area contributed by atoms with E-state index in [9.17, 15) is 9.59 Å². The molecule has 8 nitrogen and oxygen atoms in total. The lowest BCUT2D eigenvalue weighted by Gasteiger charge is -2.28. The number of methoxy groups -OCH3 is 3. The van der Waals surface area contributed by atoms with Crippen LogP contribution in [0, 0.1) is 0 Å². The van der Waals surface area contributed by atoms with Crippen molar-refractivity contribution < 1.29 is 38.0 Å². The van der Waals surface area contributed by atoms with Crippen molar-refractivity contribution in [3.05, 3.63) is 76.5 Å². The molecule has 3 aromatic rings. The fraction of sp³-hybridized carbons (Fsp3) is 0.267. The second kappa shape index (κ2) is 10.1. The van der Waals surface area contributed by atoms with Gasteiger partial charge in [-0.15, -0.1) is 0 Å². The van der Waals surface area contributed by atoms with Crippen LogP contribution in [0.3, 0.4) is 0 Å². The summed E-state index contributed by atoms with van der Waals surface area (Å²) in [5, 5.41) is 0. The quantitative estimate of drug-likeness (QED) is 0.229. The molecule has 5 rings (SSSR count). The van der Waals surface area contributed by atoms with Crippen LogP contribution >= 0.6 is 0 Å². The molecule has 3 aromatic carbocycles. The molecule has 0 saturated heterocycles. The first-order valence-electron chi connectivity index (χ1n) is 12.2. The zero-order valence-corrected chi connectivity index (χ0v) is 21.8. The summed E-state index contributed by atoms with van der Waals surface area (Å²) in [4.78, 5) is 26.0. The molecule has 0 fully saturated rings. The molecule has 8 heteroatoms. The summed E-state index contributed by atoms with van der Waals surface area (Å²) in [5.74, 6) is 1.90. The minimum atomic E-state index is -0.418. The first kappa shape index (κ1) is 25.2. The van der Waals surface area contributed by atoms with Crippen LogP contribution in [0.15, 0.2) is 54.3 Å². The Balaban J connectivity index is 1.61. The molecule has 0 unspecified atom stereocenters. The van der Waals surface area contributed by atoms with Gasteiger partial charge in [-0.2, -0.15) is 0 Å². The molecule has 38 heavy (non-hydrogen) atoms. The molecule has 0 aliphatic carbocycles. The Hall–Kier alpha value is -4.46. The van der Waals surface area contributed by atoms with Crippen molar-refractivity contribution in [2.75, 3.05) is 21.3 Å². The molecule has 0 saturated carbocycles. The predicted molar refractivity (Wildman–Crippen MR) is 140 cm³/mol. The van der Waals surface area contributed by atoms with Gasteiger partial charge in [-0.1, -0.05) is 18.2 Å². The lowest BCUT2D eigenvalue weighted by Crippen LogP contribution is -2.22. The number of fused-ring (bicyclic) bond motifs is 3. The van der Waals surface area contributed by atoms with Crippen molar-refractivity contribution in [1.82, 2.24) is 0 Å². The number of esters is 1. The van der Waals surface area contributed by atoms with Crippen LogP contribution in [0.2, 0.25) is 0 Å². The summed E-state index contributed by atoms with van der Waals surface area (Å²) in [6.45, 7) is 3.89. The maximum absolute atomic E-state index is 13.5. The monoisotopic (exact) mass is 516 g/mol. The molecule has 2 heterocycles. The first-order chi connectivity index (χ1) is 18.3. The Kier molecular flexibility index (Phi) is 6.72. The molecule has 0 spiro atoms. The van der Waals surface area contributed by atoms with E-state index in [2.05, 4.69) is 0 Å². The highest BCUT2D eigenvalue weighted by molar-refractivity contribution is 6.15. The third-order valence-corrected chi connectivity index (χ3v) is 6.46. The van der Waals surface area contributed by atoms with E-state index in [4.69, 9.17) is 28.4 Å². The van der Waals surface area contributed by atoms with Gasteiger partial charge in [-0.3, -0.25) is 9.59 Å². The summed E-state index contributed by atoms with van der Waals surface area (Å²) in [6, 6.07) is 14.2. The van der Waals surface area contributed by atoms with Crippen LogP contribution in [-0.4, -0.2) is 39.2 Å². The van der Waals surface area contributed by atoms with Crippen LogP contribution in [0.1, 0.15) is 53.2 Å². The van der Waals surface area contributed by atoms with Gasteiger partial charge in [0.15, 0.2) is 17.3 Å². The maximum Gasteiger partial charge on any atom is 0.312 e.